The maximum atomic E-state index is 13.9. The third-order valence-electron chi connectivity index (χ3n) is 11.2. The van der Waals surface area contributed by atoms with Crippen LogP contribution in [-0.2, 0) is 30.9 Å². The third-order valence-corrected chi connectivity index (χ3v) is 11.2. The lowest BCUT2D eigenvalue weighted by atomic mass is 9.79. The Morgan fingerprint density at radius 1 is 0.871 bits per heavy atom. The zero-order valence-corrected chi connectivity index (χ0v) is 35.0. The summed E-state index contributed by atoms with van der Waals surface area (Å²) in [6, 6.07) is 6.33. The van der Waals surface area contributed by atoms with Crippen LogP contribution in [0.3, 0.4) is 0 Å². The molecule has 0 radical (unpaired) electrons. The van der Waals surface area contributed by atoms with E-state index in [0.29, 0.717) is 71.3 Å². The SMILES string of the molecule is CCn1nc(C)cc1C(=O)Nc1nc2cc(C(N)=O)cnc2n1C/C=C/Cn1c(NC(=O)c2c(N)c(C)nn2CC)nc2cc(C(N)=O)cc(OCCN3CC4(CCOC4)C3)c21. The van der Waals surface area contributed by atoms with Gasteiger partial charge in [-0.3, -0.25) is 48.6 Å². The van der Waals surface area contributed by atoms with Gasteiger partial charge >= 0.3 is 0 Å². The van der Waals surface area contributed by atoms with E-state index >= 15 is 0 Å². The predicted molar refractivity (Wildman–Crippen MR) is 229 cm³/mol. The van der Waals surface area contributed by atoms with Gasteiger partial charge in [-0.1, -0.05) is 12.2 Å². The molecule has 0 atom stereocenters. The second-order valence-corrected chi connectivity index (χ2v) is 15.6. The number of ether oxygens (including phenoxy) is 2. The quantitative estimate of drug-likeness (QED) is 0.0877. The van der Waals surface area contributed by atoms with Crippen molar-refractivity contribution in [2.24, 2.45) is 16.9 Å². The second kappa shape index (κ2) is 16.7. The van der Waals surface area contributed by atoms with Crippen molar-refractivity contribution >= 4 is 63.4 Å². The number of amides is 4. The summed E-state index contributed by atoms with van der Waals surface area (Å²) in [6.45, 7) is 12.8. The van der Waals surface area contributed by atoms with Crippen LogP contribution in [0.5, 0.6) is 5.75 Å². The van der Waals surface area contributed by atoms with Crippen molar-refractivity contribution in [3.05, 3.63) is 76.5 Å². The summed E-state index contributed by atoms with van der Waals surface area (Å²) in [7, 11) is 0. The number of fused-ring (bicyclic) bond motifs is 2. The van der Waals surface area contributed by atoms with E-state index in [4.69, 9.17) is 31.7 Å². The molecule has 0 unspecified atom stereocenters. The number of imidazole rings is 2. The molecule has 62 heavy (non-hydrogen) atoms. The second-order valence-electron chi connectivity index (χ2n) is 15.6. The average Bonchev–Trinajstić information content (AvgIpc) is 4.06. The maximum absolute atomic E-state index is 13.9. The first kappa shape index (κ1) is 41.6. The lowest BCUT2D eigenvalue weighted by molar-refractivity contribution is -0.0130. The molecule has 5 aromatic heterocycles. The number of carbonyl (C=O) groups is 4. The number of allylic oxidation sites excluding steroid dienone is 2. The fourth-order valence-electron chi connectivity index (χ4n) is 8.13. The Morgan fingerprint density at radius 2 is 1.55 bits per heavy atom. The highest BCUT2D eigenvalue weighted by atomic mass is 16.5. The molecule has 7 heterocycles. The van der Waals surface area contributed by atoms with Crippen LogP contribution in [0.2, 0.25) is 0 Å². The van der Waals surface area contributed by atoms with Gasteiger partial charge in [0.05, 0.1) is 34.8 Å². The van der Waals surface area contributed by atoms with Crippen molar-refractivity contribution in [2.45, 2.75) is 60.3 Å². The molecule has 0 aliphatic carbocycles. The van der Waals surface area contributed by atoms with Gasteiger partial charge in [0.15, 0.2) is 5.65 Å². The van der Waals surface area contributed by atoms with Crippen LogP contribution in [0.15, 0.2) is 42.6 Å². The zero-order valence-electron chi connectivity index (χ0n) is 35.0. The molecule has 8 rings (SSSR count). The van der Waals surface area contributed by atoms with E-state index in [1.807, 2.05) is 26.0 Å². The van der Waals surface area contributed by atoms with Gasteiger partial charge in [0.2, 0.25) is 23.7 Å². The molecular weight excluding hydrogens is 799 g/mol. The van der Waals surface area contributed by atoms with Crippen molar-refractivity contribution in [2.75, 3.05) is 55.8 Å². The minimum atomic E-state index is -0.673. The predicted octanol–water partition coefficient (Wildman–Crippen LogP) is 2.47. The Morgan fingerprint density at radius 3 is 2.24 bits per heavy atom. The van der Waals surface area contributed by atoms with Gasteiger partial charge in [-0.25, -0.2) is 15.0 Å². The van der Waals surface area contributed by atoms with Crippen molar-refractivity contribution in [3.8, 4) is 5.75 Å². The van der Waals surface area contributed by atoms with Crippen LogP contribution in [-0.4, -0.2) is 112 Å². The first-order chi connectivity index (χ1) is 29.8. The first-order valence-corrected chi connectivity index (χ1v) is 20.4. The van der Waals surface area contributed by atoms with Crippen LogP contribution in [0.25, 0.3) is 22.2 Å². The molecule has 0 saturated carbocycles. The van der Waals surface area contributed by atoms with Crippen molar-refractivity contribution < 1.29 is 28.7 Å². The van der Waals surface area contributed by atoms with Gasteiger partial charge in [-0.05, 0) is 58.4 Å². The van der Waals surface area contributed by atoms with Crippen LogP contribution in [0.4, 0.5) is 17.6 Å². The Balaban J connectivity index is 1.12. The molecule has 21 nitrogen and oxygen atoms in total. The summed E-state index contributed by atoms with van der Waals surface area (Å²) in [6.07, 6.45) is 6.06. The summed E-state index contributed by atoms with van der Waals surface area (Å²) < 4.78 is 18.6. The van der Waals surface area contributed by atoms with E-state index in [9.17, 15) is 19.2 Å². The van der Waals surface area contributed by atoms with Crippen molar-refractivity contribution in [1.29, 1.82) is 0 Å². The number of hydrogen-bond acceptors (Lipinski definition) is 13. The van der Waals surface area contributed by atoms with Gasteiger partial charge in [0, 0.05) is 69.6 Å². The summed E-state index contributed by atoms with van der Waals surface area (Å²) >= 11 is 0. The summed E-state index contributed by atoms with van der Waals surface area (Å²) in [5.74, 6) is -1.62. The number of nitrogens with two attached hydrogens (primary N) is 3. The fourth-order valence-corrected chi connectivity index (χ4v) is 8.13. The maximum Gasteiger partial charge on any atom is 0.278 e. The number of aromatic nitrogens is 9. The number of hydrogen-bond donors (Lipinski definition) is 5. The topological polar surface area (TPSA) is 276 Å². The van der Waals surface area contributed by atoms with E-state index in [1.54, 1.807) is 45.9 Å². The molecule has 6 aromatic rings. The van der Waals surface area contributed by atoms with Gasteiger partial charge in [-0.2, -0.15) is 10.2 Å². The molecule has 2 saturated heterocycles. The first-order valence-electron chi connectivity index (χ1n) is 20.4. The Hall–Kier alpha value is -7.13. The monoisotopic (exact) mass is 847 g/mol. The molecule has 2 fully saturated rings. The van der Waals surface area contributed by atoms with E-state index in [-0.39, 0.29) is 52.9 Å². The number of nitrogens with zero attached hydrogens (tertiary/aromatic N) is 10. The molecule has 1 spiro atoms. The minimum Gasteiger partial charge on any atom is -0.490 e. The average molecular weight is 848 g/mol. The van der Waals surface area contributed by atoms with E-state index in [1.165, 1.54) is 16.9 Å². The van der Waals surface area contributed by atoms with Crippen molar-refractivity contribution in [1.82, 2.24) is 48.5 Å². The number of pyridine rings is 1. The summed E-state index contributed by atoms with van der Waals surface area (Å²) in [4.78, 5) is 68.2. The molecular formula is C41H49N15O6. The number of rotatable bonds is 16. The molecule has 8 N–H and O–H groups in total. The van der Waals surface area contributed by atoms with Gasteiger partial charge < -0.3 is 31.2 Å². The standard InChI is InChI=1S/C41H49N15O6/c1-5-55-29(15-23(3)50-55)37(59)48-40-47-28-17-26(35(44)58)19-45-36(28)54(40)11-8-7-10-53-32-27(46-39(53)49-38(60)33-31(42)24(4)51-56(33)6-2)16-25(34(43)57)18-30(32)62-14-12-52-20-41(21-52)9-13-61-22-41/h7-8,15-19H,5-6,9-14,20-22,42H2,1-4H3,(H2,43,57)(H2,44,58)(H,46,49,60)(H,47,48,59)/b8-7+. The smallest absolute Gasteiger partial charge is 0.278 e. The highest BCUT2D eigenvalue weighted by molar-refractivity contribution is 6.07. The molecule has 4 amide bonds. The number of carbonyl (C=O) groups excluding carboxylic acids is 4. The molecule has 21 heteroatoms. The number of likely N-dealkylation sites (tertiary alicyclic amines) is 1. The Labute approximate surface area is 355 Å². The van der Waals surface area contributed by atoms with Crippen LogP contribution < -0.4 is 32.6 Å². The number of primary amides is 2. The highest BCUT2D eigenvalue weighted by Crippen LogP contribution is 2.38. The Bertz CT molecular complexity index is 2760. The number of nitrogens with one attached hydrogen (secondary N) is 2. The lowest BCUT2D eigenvalue weighted by Crippen LogP contribution is -2.57. The molecule has 324 valence electrons. The fraction of sp³-hybridized carbons (Fsp3) is 0.390. The van der Waals surface area contributed by atoms with E-state index in [2.05, 4.69) is 35.7 Å². The highest BCUT2D eigenvalue weighted by Gasteiger charge is 2.45. The van der Waals surface area contributed by atoms with Gasteiger partial charge in [0.1, 0.15) is 34.8 Å². The Kier molecular flexibility index (Phi) is 11.2. The third kappa shape index (κ3) is 7.94. The number of anilines is 3. The van der Waals surface area contributed by atoms with Crippen LogP contribution in [0.1, 0.15) is 73.3 Å². The normalized spacial score (nSPS) is 14.9. The molecule has 2 aliphatic rings. The summed E-state index contributed by atoms with van der Waals surface area (Å²) in [5, 5.41) is 14.6. The minimum absolute atomic E-state index is 0.150. The molecule has 2 aliphatic heterocycles. The molecule has 0 bridgehead atoms. The zero-order chi connectivity index (χ0) is 43.9. The largest absolute Gasteiger partial charge is 0.490 e. The van der Waals surface area contributed by atoms with Gasteiger partial charge in [-0.15, -0.1) is 0 Å². The lowest BCUT2D eigenvalue weighted by Gasteiger charge is -2.47. The number of benzene rings is 1. The van der Waals surface area contributed by atoms with E-state index in [0.717, 1.165) is 32.7 Å². The number of nitrogen functional groups attached to an aromatic ring is 1. The van der Waals surface area contributed by atoms with Crippen LogP contribution >= 0.6 is 0 Å². The molecule has 1 aromatic carbocycles. The summed E-state index contributed by atoms with van der Waals surface area (Å²) in [5.41, 5.74) is 21.8. The number of aryl methyl sites for hydroxylation is 4. The van der Waals surface area contributed by atoms with E-state index < -0.39 is 23.6 Å². The van der Waals surface area contributed by atoms with Crippen molar-refractivity contribution in [3.63, 3.8) is 0 Å². The van der Waals surface area contributed by atoms with Crippen LogP contribution in [0, 0.1) is 19.3 Å². The van der Waals surface area contributed by atoms with Gasteiger partial charge in [0.25, 0.3) is 11.8 Å².